The van der Waals surface area contributed by atoms with E-state index in [2.05, 4.69) is 12.6 Å². The van der Waals surface area contributed by atoms with Crippen LogP contribution in [-0.4, -0.2) is 11.8 Å². The number of thiol groups is 1. The number of hydrogen-bond acceptors (Lipinski definition) is 1. The number of hydrogen-bond donors (Lipinski definition) is 1. The highest BCUT2D eigenvalue weighted by Crippen LogP contribution is 2.27. The van der Waals surface area contributed by atoms with Crippen molar-refractivity contribution in [2.75, 3.05) is 5.75 Å². The second-order valence-corrected chi connectivity index (χ2v) is 19.7. The molecule has 0 spiro atoms. The molecule has 0 unspecified atom stereocenters. The Bertz CT molecular complexity index is 350. The van der Waals surface area contributed by atoms with E-state index < -0.39 is 6.00 Å². The van der Waals surface area contributed by atoms with E-state index in [-0.39, 0.29) is 0 Å². The summed E-state index contributed by atoms with van der Waals surface area (Å²) in [5, 5.41) is 0. The summed E-state index contributed by atoms with van der Waals surface area (Å²) in [7, 11) is 0. The van der Waals surface area contributed by atoms with Gasteiger partial charge in [0.2, 0.25) is 0 Å². The maximum Gasteiger partial charge on any atom is 0.341 e. The van der Waals surface area contributed by atoms with Crippen LogP contribution in [0.15, 0.2) is 0 Å². The van der Waals surface area contributed by atoms with E-state index in [4.69, 9.17) is 33.2 Å². The first-order valence-corrected chi connectivity index (χ1v) is 20.1. The lowest BCUT2D eigenvalue weighted by Gasteiger charge is -2.07. The maximum atomic E-state index is 5.91. The molecule has 0 saturated carbocycles. The van der Waals surface area contributed by atoms with Crippen molar-refractivity contribution in [1.29, 1.82) is 0 Å². The van der Waals surface area contributed by atoms with E-state index in [1.54, 1.807) is 0 Å². The van der Waals surface area contributed by atoms with Gasteiger partial charge < -0.3 is 0 Å². The van der Waals surface area contributed by atoms with Crippen LogP contribution in [0, 0.1) is 0 Å². The molecule has 194 valence electrons. The molecule has 0 heterocycles. The first kappa shape index (κ1) is 33.4. The van der Waals surface area contributed by atoms with Gasteiger partial charge in [0.1, 0.15) is 0 Å². The summed E-state index contributed by atoms with van der Waals surface area (Å²) in [6, 6.07) is -1.53. The fraction of sp³-hybridized carbons (Fsp3) is 1.00. The molecular formula is C27H55Cl3SSi. The van der Waals surface area contributed by atoms with Crippen molar-refractivity contribution in [1.82, 2.24) is 0 Å². The van der Waals surface area contributed by atoms with E-state index >= 15 is 0 Å². The molecule has 0 bridgehead atoms. The van der Waals surface area contributed by atoms with Crippen LogP contribution in [0.5, 0.6) is 0 Å². The van der Waals surface area contributed by atoms with Crippen LogP contribution in [0.3, 0.4) is 0 Å². The van der Waals surface area contributed by atoms with Crippen molar-refractivity contribution < 1.29 is 0 Å². The van der Waals surface area contributed by atoms with Gasteiger partial charge in [0.15, 0.2) is 0 Å². The van der Waals surface area contributed by atoms with Gasteiger partial charge in [0.25, 0.3) is 0 Å². The minimum Gasteiger partial charge on any atom is -0.179 e. The maximum absolute atomic E-state index is 5.91. The number of rotatable bonds is 27. The largest absolute Gasteiger partial charge is 0.341 e. The van der Waals surface area contributed by atoms with Crippen molar-refractivity contribution in [3.8, 4) is 0 Å². The third-order valence-electron chi connectivity index (χ3n) is 6.62. The van der Waals surface area contributed by atoms with E-state index in [1.807, 2.05) is 0 Å². The minimum absolute atomic E-state index is 0.829. The molecule has 0 aliphatic carbocycles. The van der Waals surface area contributed by atoms with E-state index in [9.17, 15) is 0 Å². The normalized spacial score (nSPS) is 12.0. The van der Waals surface area contributed by atoms with Crippen molar-refractivity contribution in [3.63, 3.8) is 0 Å². The topological polar surface area (TPSA) is 0 Å². The predicted molar refractivity (Wildman–Crippen MR) is 157 cm³/mol. The van der Waals surface area contributed by atoms with Gasteiger partial charge in [-0.1, -0.05) is 154 Å². The lowest BCUT2D eigenvalue weighted by atomic mass is 10.0. The second-order valence-electron chi connectivity index (χ2n) is 9.93. The summed E-state index contributed by atoms with van der Waals surface area (Å²) < 4.78 is 0. The number of unbranched alkanes of at least 4 members (excludes halogenated alkanes) is 24. The van der Waals surface area contributed by atoms with E-state index in [1.165, 1.54) is 154 Å². The first-order chi connectivity index (χ1) is 15.6. The third-order valence-corrected chi connectivity index (χ3v) is 9.56. The average molecular weight is 546 g/mol. The van der Waals surface area contributed by atoms with Gasteiger partial charge in [-0.25, -0.2) is 0 Å². The quantitative estimate of drug-likeness (QED) is 0.0451. The van der Waals surface area contributed by atoms with E-state index in [0.29, 0.717) is 0 Å². The Morgan fingerprint density at radius 1 is 0.312 bits per heavy atom. The lowest BCUT2D eigenvalue weighted by molar-refractivity contribution is 0.517. The molecule has 32 heavy (non-hydrogen) atoms. The SMILES string of the molecule is SCCCCCCCCCCCCCCCCCCCCCCCCCCC[Si](Cl)(Cl)Cl. The molecule has 0 amide bonds. The Morgan fingerprint density at radius 3 is 0.688 bits per heavy atom. The van der Waals surface area contributed by atoms with Gasteiger partial charge in [-0.05, 0) is 18.2 Å². The van der Waals surface area contributed by atoms with Crippen molar-refractivity contribution >= 4 is 51.9 Å². The zero-order chi connectivity index (χ0) is 23.6. The third kappa shape index (κ3) is 31.4. The molecule has 5 heteroatoms. The van der Waals surface area contributed by atoms with Gasteiger partial charge in [-0.15, -0.1) is 33.2 Å². The van der Waals surface area contributed by atoms with Crippen LogP contribution >= 0.6 is 45.9 Å². The summed E-state index contributed by atoms with van der Waals surface area (Å²) in [6.07, 6.45) is 35.2. The zero-order valence-corrected chi connectivity index (χ0v) is 25.3. The second kappa shape index (κ2) is 27.0. The molecule has 0 fully saturated rings. The zero-order valence-electron chi connectivity index (χ0n) is 21.2. The van der Waals surface area contributed by atoms with Gasteiger partial charge in [-0.2, -0.15) is 12.6 Å². The molecule has 0 atom stereocenters. The Labute approximate surface area is 223 Å². The van der Waals surface area contributed by atoms with Crippen molar-refractivity contribution in [3.05, 3.63) is 0 Å². The fourth-order valence-electron chi connectivity index (χ4n) is 4.50. The molecule has 0 nitrogen and oxygen atoms in total. The summed E-state index contributed by atoms with van der Waals surface area (Å²) in [5.74, 6) is 1.06. The fourth-order valence-corrected chi connectivity index (χ4v) is 6.58. The highest BCUT2D eigenvalue weighted by molar-refractivity contribution is 7.80. The highest BCUT2D eigenvalue weighted by atomic mass is 35.8. The standard InChI is InChI=1S/C27H55Cl3SSi/c28-32(29,30)27-25-23-21-19-17-15-13-11-9-7-5-3-1-2-4-6-8-10-12-14-16-18-20-22-24-26-31/h31H,1-27H2. The Balaban J connectivity index is 3.02. The molecule has 0 aliphatic heterocycles. The van der Waals surface area contributed by atoms with Gasteiger partial charge in [-0.3, -0.25) is 0 Å². The van der Waals surface area contributed by atoms with Gasteiger partial charge in [0, 0.05) is 0 Å². The molecule has 0 aliphatic rings. The molecule has 0 saturated heterocycles. The summed E-state index contributed by atoms with van der Waals surface area (Å²) in [5.41, 5.74) is 0. The molecule has 0 aromatic carbocycles. The molecule has 0 aromatic rings. The molecule has 0 aromatic heterocycles. The Morgan fingerprint density at radius 2 is 0.500 bits per heavy atom. The van der Waals surface area contributed by atoms with E-state index in [0.717, 1.165) is 18.2 Å². The summed E-state index contributed by atoms with van der Waals surface area (Å²) in [4.78, 5) is 0. The average Bonchev–Trinajstić information content (AvgIpc) is 2.75. The first-order valence-electron chi connectivity index (χ1n) is 14.2. The van der Waals surface area contributed by atoms with Crippen LogP contribution in [0.25, 0.3) is 0 Å². The highest BCUT2D eigenvalue weighted by Gasteiger charge is 2.23. The van der Waals surface area contributed by atoms with Crippen LogP contribution < -0.4 is 0 Å². The van der Waals surface area contributed by atoms with Gasteiger partial charge >= 0.3 is 6.00 Å². The molecule has 0 rings (SSSR count). The van der Waals surface area contributed by atoms with Crippen LogP contribution in [0.2, 0.25) is 6.04 Å². The lowest BCUT2D eigenvalue weighted by Crippen LogP contribution is -2.07. The molecule has 0 N–H and O–H groups in total. The predicted octanol–water partition coefficient (Wildman–Crippen LogP) is 12.3. The summed E-state index contributed by atoms with van der Waals surface area (Å²) >= 11 is 22.0. The number of halogens is 3. The van der Waals surface area contributed by atoms with Gasteiger partial charge in [0.05, 0.1) is 0 Å². The monoisotopic (exact) mass is 544 g/mol. The minimum atomic E-state index is -2.36. The van der Waals surface area contributed by atoms with Crippen molar-refractivity contribution in [2.45, 2.75) is 167 Å². The van der Waals surface area contributed by atoms with Crippen LogP contribution in [-0.2, 0) is 0 Å². The molecular weight excluding hydrogens is 491 g/mol. The Hall–Kier alpha value is 1.44. The van der Waals surface area contributed by atoms with Crippen molar-refractivity contribution in [2.24, 2.45) is 0 Å². The van der Waals surface area contributed by atoms with Crippen LogP contribution in [0.1, 0.15) is 161 Å². The van der Waals surface area contributed by atoms with Crippen LogP contribution in [0.4, 0.5) is 0 Å². The Kier molecular flexibility index (Phi) is 28.2. The summed E-state index contributed by atoms with van der Waals surface area (Å²) in [6.45, 7) is 0. The smallest absolute Gasteiger partial charge is 0.179 e. The molecule has 0 radical (unpaired) electrons.